The lowest BCUT2D eigenvalue weighted by atomic mass is 9.55. The van der Waals surface area contributed by atoms with Crippen LogP contribution in [0.25, 0.3) is 10.8 Å². The minimum atomic E-state index is -1.53. The van der Waals surface area contributed by atoms with Gasteiger partial charge in [0.1, 0.15) is 30.8 Å². The molecule has 1 amide bonds. The molecule has 422 valence electrons. The fraction of sp³-hybridized carbons (Fsp3) is 0.492. The van der Waals surface area contributed by atoms with Crippen LogP contribution in [0.2, 0.25) is 0 Å². The zero-order chi connectivity index (χ0) is 55.4. The molecule has 0 radical (unpaired) electrons. The van der Waals surface area contributed by atoms with Crippen LogP contribution in [-0.2, 0) is 34.1 Å². The SMILES string of the molecule is C=CCOC12Oc3ccc(OCc4cccc(C)n4)cc3C3C(CCCCO)C(CCCCO)C=C(C(=NOCc4ccc([N+](=O)[O-])cc4)CC1N(Cc1cccc4ccccc14)C(=O)OCCCCCCCCCCCC)C32. The standard InChI is InChI=1S/C65H82N4O10/c1-4-6-7-8-9-10-11-12-13-20-40-75-64(72)68(44-51-27-22-26-49-24-14-15-29-55(49)51)61-43-59(67-78-45-48-31-33-53(34-32-48)69(73)74)57-41-50(25-16-18-37-70)56(30-17-19-38-71)62-58-42-54(76-46-52-28-21-23-47(3)66-52)35-36-60(58)79-65(61,63(57)62)77-39-5-2/h5,14-15,21-24,26-29,31-36,41-42,50,56,61-63,70-71H,2,4,6-13,16-20,25,30,37-40,43-46H2,1,3H3. The zero-order valence-corrected chi connectivity index (χ0v) is 46.5. The summed E-state index contributed by atoms with van der Waals surface area (Å²) in [4.78, 5) is 39.4. The number of non-ortho nitro benzene ring substituents is 1. The maximum Gasteiger partial charge on any atom is 0.410 e. The molecule has 1 fully saturated rings. The Hall–Kier alpha value is -6.61. The Morgan fingerprint density at radius 3 is 2.32 bits per heavy atom. The van der Waals surface area contributed by atoms with Gasteiger partial charge in [0.15, 0.2) is 0 Å². The molecular formula is C65H82N4O10. The van der Waals surface area contributed by atoms with E-state index in [1.54, 1.807) is 23.1 Å². The second kappa shape index (κ2) is 29.6. The lowest BCUT2D eigenvalue weighted by Gasteiger charge is -2.60. The molecule has 0 saturated heterocycles. The van der Waals surface area contributed by atoms with Crippen LogP contribution in [0.1, 0.15) is 150 Å². The van der Waals surface area contributed by atoms with E-state index in [0.29, 0.717) is 35.6 Å². The first kappa shape index (κ1) is 58.5. The molecule has 8 rings (SSSR count). The average Bonchev–Trinajstić information content (AvgIpc) is 3.65. The molecule has 2 heterocycles. The van der Waals surface area contributed by atoms with E-state index in [-0.39, 0.29) is 76.0 Å². The van der Waals surface area contributed by atoms with Crippen molar-refractivity contribution in [2.75, 3.05) is 26.4 Å². The van der Waals surface area contributed by atoms with Gasteiger partial charge < -0.3 is 34.0 Å². The van der Waals surface area contributed by atoms with Gasteiger partial charge in [0.25, 0.3) is 5.69 Å². The Labute approximate surface area is 467 Å². The third-order valence-electron chi connectivity index (χ3n) is 16.1. The third-order valence-corrected chi connectivity index (χ3v) is 16.1. The van der Waals surface area contributed by atoms with Crippen molar-refractivity contribution >= 4 is 28.3 Å². The summed E-state index contributed by atoms with van der Waals surface area (Å²) in [5.41, 5.74) is 5.73. The van der Waals surface area contributed by atoms with Crippen molar-refractivity contribution in [2.24, 2.45) is 22.9 Å². The van der Waals surface area contributed by atoms with Gasteiger partial charge in [-0.1, -0.05) is 143 Å². The third kappa shape index (κ3) is 15.0. The molecule has 0 spiro atoms. The largest absolute Gasteiger partial charge is 0.487 e. The van der Waals surface area contributed by atoms with Gasteiger partial charge in [0.05, 0.1) is 42.0 Å². The normalized spacial score (nSPS) is 20.6. The van der Waals surface area contributed by atoms with E-state index in [4.69, 9.17) is 33.9 Å². The minimum absolute atomic E-state index is 0.000141. The summed E-state index contributed by atoms with van der Waals surface area (Å²) >= 11 is 0. The zero-order valence-electron chi connectivity index (χ0n) is 46.5. The Kier molecular flexibility index (Phi) is 21.9. The molecule has 1 saturated carbocycles. The van der Waals surface area contributed by atoms with E-state index >= 15 is 4.79 Å². The molecule has 14 heteroatoms. The monoisotopic (exact) mass is 1080 g/mol. The van der Waals surface area contributed by atoms with Crippen molar-refractivity contribution < 1.29 is 43.7 Å². The van der Waals surface area contributed by atoms with E-state index < -0.39 is 28.8 Å². The Bertz CT molecular complexity index is 2830. The number of rotatable bonds is 32. The fourth-order valence-electron chi connectivity index (χ4n) is 12.2. The predicted molar refractivity (Wildman–Crippen MR) is 309 cm³/mol. The van der Waals surface area contributed by atoms with Crippen molar-refractivity contribution in [3.63, 3.8) is 0 Å². The van der Waals surface area contributed by atoms with E-state index in [1.807, 2.05) is 55.5 Å². The van der Waals surface area contributed by atoms with Gasteiger partial charge in [0, 0.05) is 48.9 Å². The Morgan fingerprint density at radius 1 is 0.861 bits per heavy atom. The molecule has 79 heavy (non-hydrogen) atoms. The molecule has 5 aromatic rings. The number of amides is 1. The summed E-state index contributed by atoms with van der Waals surface area (Å²) in [5, 5.41) is 38.9. The minimum Gasteiger partial charge on any atom is -0.487 e. The van der Waals surface area contributed by atoms with E-state index in [2.05, 4.69) is 49.9 Å². The quantitative estimate of drug-likeness (QED) is 0.0181. The molecule has 14 nitrogen and oxygen atoms in total. The Morgan fingerprint density at radius 2 is 1.58 bits per heavy atom. The van der Waals surface area contributed by atoms with Crippen LogP contribution in [0, 0.1) is 34.8 Å². The maximum absolute atomic E-state index is 15.5. The number of aryl methyl sites for hydroxylation is 1. The number of nitro benzene ring substituents is 1. The molecule has 4 aromatic carbocycles. The average molecular weight is 1080 g/mol. The van der Waals surface area contributed by atoms with Crippen molar-refractivity contribution in [1.82, 2.24) is 9.88 Å². The number of fused-ring (bicyclic) bond motifs is 3. The van der Waals surface area contributed by atoms with Crippen LogP contribution in [0.15, 0.2) is 133 Å². The second-order valence-corrected chi connectivity index (χ2v) is 21.6. The summed E-state index contributed by atoms with van der Waals surface area (Å²) in [6.07, 6.45) is 19.5. The number of aliphatic hydroxyl groups is 2. The van der Waals surface area contributed by atoms with Crippen molar-refractivity contribution in [3.8, 4) is 11.5 Å². The van der Waals surface area contributed by atoms with Gasteiger partial charge in [-0.15, -0.1) is 6.58 Å². The summed E-state index contributed by atoms with van der Waals surface area (Å²) in [7, 11) is 0. The molecule has 1 aliphatic heterocycles. The smallest absolute Gasteiger partial charge is 0.410 e. The summed E-state index contributed by atoms with van der Waals surface area (Å²) in [6, 6.07) is 31.5. The number of allylic oxidation sites excluding steroid dienone is 1. The molecule has 2 aliphatic carbocycles. The summed E-state index contributed by atoms with van der Waals surface area (Å²) in [6.45, 7) is 9.26. The Balaban J connectivity index is 1.25. The highest BCUT2D eigenvalue weighted by molar-refractivity contribution is 6.03. The number of carbonyl (C=O) groups excluding carboxylic acids is 1. The first-order valence-corrected chi connectivity index (χ1v) is 29.1. The number of hydrogen-bond acceptors (Lipinski definition) is 12. The predicted octanol–water partition coefficient (Wildman–Crippen LogP) is 14.4. The highest BCUT2D eigenvalue weighted by Crippen LogP contribution is 2.62. The number of aromatic nitrogens is 1. The summed E-state index contributed by atoms with van der Waals surface area (Å²) in [5.74, 6) is -1.17. The first-order valence-electron chi connectivity index (χ1n) is 29.1. The lowest BCUT2D eigenvalue weighted by Crippen LogP contribution is -2.70. The number of oxime groups is 1. The molecule has 2 N–H and O–H groups in total. The van der Waals surface area contributed by atoms with E-state index in [1.165, 1.54) is 50.7 Å². The van der Waals surface area contributed by atoms with Crippen LogP contribution >= 0.6 is 0 Å². The van der Waals surface area contributed by atoms with Gasteiger partial charge >= 0.3 is 6.09 Å². The number of benzene rings is 4. The number of nitrogens with zero attached hydrogens (tertiary/aromatic N) is 4. The van der Waals surface area contributed by atoms with E-state index in [9.17, 15) is 20.3 Å². The van der Waals surface area contributed by atoms with Gasteiger partial charge in [-0.2, -0.15) is 0 Å². The molecule has 6 atom stereocenters. The maximum atomic E-state index is 15.5. The fourth-order valence-corrected chi connectivity index (χ4v) is 12.2. The number of hydrogen-bond donors (Lipinski definition) is 2. The van der Waals surface area contributed by atoms with Gasteiger partial charge in [-0.05, 0) is 121 Å². The van der Waals surface area contributed by atoms with Crippen LogP contribution < -0.4 is 9.47 Å². The van der Waals surface area contributed by atoms with E-state index in [0.717, 1.165) is 90.2 Å². The van der Waals surface area contributed by atoms with Crippen molar-refractivity contribution in [1.29, 1.82) is 0 Å². The van der Waals surface area contributed by atoms with Crippen LogP contribution in [0.3, 0.4) is 0 Å². The van der Waals surface area contributed by atoms with Gasteiger partial charge in [0.2, 0.25) is 5.79 Å². The number of aliphatic hydroxyl groups excluding tert-OH is 2. The molecule has 1 aromatic heterocycles. The highest BCUT2D eigenvalue weighted by atomic mass is 16.7. The molecular weight excluding hydrogens is 997 g/mol. The van der Waals surface area contributed by atoms with Crippen LogP contribution in [0.4, 0.5) is 10.5 Å². The first-order chi connectivity index (χ1) is 38.7. The van der Waals surface area contributed by atoms with Gasteiger partial charge in [-0.25, -0.2) is 4.79 Å². The molecule has 0 bridgehead atoms. The summed E-state index contributed by atoms with van der Waals surface area (Å²) < 4.78 is 27.9. The number of nitro groups is 1. The van der Waals surface area contributed by atoms with Crippen molar-refractivity contribution in [2.45, 2.75) is 161 Å². The molecule has 3 aliphatic rings. The lowest BCUT2D eigenvalue weighted by molar-refractivity contribution is -0.384. The number of pyridine rings is 1. The van der Waals surface area contributed by atoms with Gasteiger partial charge in [-0.3, -0.25) is 20.0 Å². The number of unbranched alkanes of at least 4 members (excludes halogenated alkanes) is 11. The molecule has 6 unspecified atom stereocenters. The van der Waals surface area contributed by atoms with Crippen LogP contribution in [-0.4, -0.2) is 75.1 Å². The number of ether oxygens (including phenoxy) is 4. The van der Waals surface area contributed by atoms with Crippen molar-refractivity contribution in [3.05, 3.63) is 166 Å². The highest BCUT2D eigenvalue weighted by Gasteiger charge is 2.66. The topological polar surface area (TPSA) is 175 Å². The van der Waals surface area contributed by atoms with Crippen LogP contribution in [0.5, 0.6) is 11.5 Å². The second-order valence-electron chi connectivity index (χ2n) is 21.6. The number of carbonyl (C=O) groups is 1.